The van der Waals surface area contributed by atoms with Crippen LogP contribution in [0.25, 0.3) is 0 Å². The predicted molar refractivity (Wildman–Crippen MR) is 75.3 cm³/mol. The van der Waals surface area contributed by atoms with Gasteiger partial charge in [-0.25, -0.2) is 0 Å². The van der Waals surface area contributed by atoms with Crippen LogP contribution in [-0.2, 0) is 4.74 Å². The quantitative estimate of drug-likeness (QED) is 0.359. The highest BCUT2D eigenvalue weighted by molar-refractivity contribution is 4.66. The smallest absolute Gasteiger partial charge is 0.0494 e. The van der Waals surface area contributed by atoms with Gasteiger partial charge in [0.15, 0.2) is 0 Å². The SMILES string of the molecule is C=CCCCCCCCCOCC1CCCC1. The molecule has 0 aromatic rings. The summed E-state index contributed by atoms with van der Waals surface area (Å²) in [6.07, 6.45) is 16.9. The summed E-state index contributed by atoms with van der Waals surface area (Å²) < 4.78 is 5.75. The van der Waals surface area contributed by atoms with Gasteiger partial charge in [0.25, 0.3) is 0 Å². The predicted octanol–water partition coefficient (Wildman–Crippen LogP) is 5.11. The van der Waals surface area contributed by atoms with Gasteiger partial charge in [-0.1, -0.05) is 44.6 Å². The first kappa shape index (κ1) is 14.8. The van der Waals surface area contributed by atoms with E-state index in [1.807, 2.05) is 6.08 Å². The molecule has 17 heavy (non-hydrogen) atoms. The Bertz CT molecular complexity index is 170. The zero-order valence-electron chi connectivity index (χ0n) is 11.5. The van der Waals surface area contributed by atoms with Crippen LogP contribution >= 0.6 is 0 Å². The first-order valence-corrected chi connectivity index (χ1v) is 7.62. The van der Waals surface area contributed by atoms with Crippen LogP contribution in [0, 0.1) is 5.92 Å². The molecule has 0 amide bonds. The van der Waals surface area contributed by atoms with Gasteiger partial charge in [-0.15, -0.1) is 6.58 Å². The summed E-state index contributed by atoms with van der Waals surface area (Å²) in [6.45, 7) is 5.76. The molecule has 0 atom stereocenters. The molecule has 0 aliphatic heterocycles. The molecule has 100 valence electrons. The lowest BCUT2D eigenvalue weighted by atomic mass is 10.1. The largest absolute Gasteiger partial charge is 0.381 e. The van der Waals surface area contributed by atoms with E-state index in [0.717, 1.165) is 19.1 Å². The molecule has 0 N–H and O–H groups in total. The molecule has 1 heteroatoms. The third-order valence-electron chi connectivity index (χ3n) is 3.78. The fourth-order valence-electron chi connectivity index (χ4n) is 2.63. The van der Waals surface area contributed by atoms with Crippen molar-refractivity contribution in [2.45, 2.75) is 70.6 Å². The number of hydrogen-bond acceptors (Lipinski definition) is 1. The third-order valence-corrected chi connectivity index (χ3v) is 3.78. The standard InChI is InChI=1S/C16H30O/c1-2-3-4-5-6-7-8-11-14-17-15-16-12-9-10-13-16/h2,16H,1,3-15H2. The lowest BCUT2D eigenvalue weighted by Crippen LogP contribution is -2.06. The van der Waals surface area contributed by atoms with Crippen LogP contribution in [-0.4, -0.2) is 13.2 Å². The lowest BCUT2D eigenvalue weighted by molar-refractivity contribution is 0.0978. The van der Waals surface area contributed by atoms with Gasteiger partial charge in [-0.05, 0) is 38.0 Å². The van der Waals surface area contributed by atoms with Gasteiger partial charge in [0.2, 0.25) is 0 Å². The minimum absolute atomic E-state index is 0.883. The van der Waals surface area contributed by atoms with Crippen molar-refractivity contribution in [3.63, 3.8) is 0 Å². The molecule has 1 aliphatic rings. The van der Waals surface area contributed by atoms with Crippen LogP contribution in [0.4, 0.5) is 0 Å². The number of hydrogen-bond donors (Lipinski definition) is 0. The second kappa shape index (κ2) is 10.8. The molecule has 0 aromatic heterocycles. The number of rotatable bonds is 11. The van der Waals surface area contributed by atoms with Crippen LogP contribution < -0.4 is 0 Å². The van der Waals surface area contributed by atoms with E-state index in [2.05, 4.69) is 6.58 Å². The summed E-state index contributed by atoms with van der Waals surface area (Å²) in [4.78, 5) is 0. The maximum atomic E-state index is 5.75. The highest BCUT2D eigenvalue weighted by atomic mass is 16.5. The maximum Gasteiger partial charge on any atom is 0.0494 e. The Hall–Kier alpha value is -0.300. The molecule has 0 spiro atoms. The number of allylic oxidation sites excluding steroid dienone is 1. The van der Waals surface area contributed by atoms with Gasteiger partial charge in [-0.3, -0.25) is 0 Å². The Balaban J connectivity index is 1.70. The van der Waals surface area contributed by atoms with Gasteiger partial charge in [0.05, 0.1) is 0 Å². The van der Waals surface area contributed by atoms with Gasteiger partial charge in [0, 0.05) is 13.2 Å². The van der Waals surface area contributed by atoms with Crippen molar-refractivity contribution >= 4 is 0 Å². The lowest BCUT2D eigenvalue weighted by Gasteiger charge is -2.09. The zero-order valence-corrected chi connectivity index (χ0v) is 11.5. The monoisotopic (exact) mass is 238 g/mol. The van der Waals surface area contributed by atoms with Crippen LogP contribution in [0.1, 0.15) is 70.6 Å². The molecule has 1 saturated carbocycles. The fourth-order valence-corrected chi connectivity index (χ4v) is 2.63. The molecule has 0 heterocycles. The minimum atomic E-state index is 0.883. The van der Waals surface area contributed by atoms with Crippen molar-refractivity contribution in [2.24, 2.45) is 5.92 Å². The Morgan fingerprint density at radius 1 is 0.941 bits per heavy atom. The Morgan fingerprint density at radius 3 is 2.29 bits per heavy atom. The average molecular weight is 238 g/mol. The van der Waals surface area contributed by atoms with E-state index in [9.17, 15) is 0 Å². The van der Waals surface area contributed by atoms with E-state index in [4.69, 9.17) is 4.74 Å². The van der Waals surface area contributed by atoms with Gasteiger partial charge >= 0.3 is 0 Å². The topological polar surface area (TPSA) is 9.23 Å². The molecular weight excluding hydrogens is 208 g/mol. The molecule has 0 radical (unpaired) electrons. The molecule has 0 aromatic carbocycles. The van der Waals surface area contributed by atoms with Crippen molar-refractivity contribution in [3.8, 4) is 0 Å². The van der Waals surface area contributed by atoms with E-state index in [-0.39, 0.29) is 0 Å². The van der Waals surface area contributed by atoms with Crippen LogP contribution in [0.3, 0.4) is 0 Å². The van der Waals surface area contributed by atoms with Crippen molar-refractivity contribution in [2.75, 3.05) is 13.2 Å². The molecule has 1 rings (SSSR count). The Morgan fingerprint density at radius 2 is 1.59 bits per heavy atom. The summed E-state index contributed by atoms with van der Waals surface area (Å²) >= 11 is 0. The van der Waals surface area contributed by atoms with E-state index < -0.39 is 0 Å². The first-order chi connectivity index (χ1) is 8.43. The summed E-state index contributed by atoms with van der Waals surface area (Å²) in [6, 6.07) is 0. The summed E-state index contributed by atoms with van der Waals surface area (Å²) in [7, 11) is 0. The minimum Gasteiger partial charge on any atom is -0.381 e. The molecular formula is C16H30O. The number of ether oxygens (including phenoxy) is 1. The Kier molecular flexibility index (Phi) is 9.40. The highest BCUT2D eigenvalue weighted by Crippen LogP contribution is 2.24. The molecule has 1 nitrogen and oxygen atoms in total. The Labute approximate surface area is 108 Å². The van der Waals surface area contributed by atoms with Crippen molar-refractivity contribution in [1.82, 2.24) is 0 Å². The molecule has 1 aliphatic carbocycles. The summed E-state index contributed by atoms with van der Waals surface area (Å²) in [5.74, 6) is 0.883. The van der Waals surface area contributed by atoms with Gasteiger partial charge in [-0.2, -0.15) is 0 Å². The fraction of sp³-hybridized carbons (Fsp3) is 0.875. The zero-order chi connectivity index (χ0) is 12.2. The van der Waals surface area contributed by atoms with Crippen LogP contribution in [0.15, 0.2) is 12.7 Å². The summed E-state index contributed by atoms with van der Waals surface area (Å²) in [5.41, 5.74) is 0. The van der Waals surface area contributed by atoms with Gasteiger partial charge in [0.1, 0.15) is 0 Å². The highest BCUT2D eigenvalue weighted by Gasteiger charge is 2.14. The average Bonchev–Trinajstić information content (AvgIpc) is 2.85. The third kappa shape index (κ3) is 8.43. The first-order valence-electron chi connectivity index (χ1n) is 7.62. The second-order valence-electron chi connectivity index (χ2n) is 5.42. The van der Waals surface area contributed by atoms with Crippen molar-refractivity contribution in [1.29, 1.82) is 0 Å². The van der Waals surface area contributed by atoms with E-state index >= 15 is 0 Å². The second-order valence-corrected chi connectivity index (χ2v) is 5.42. The summed E-state index contributed by atoms with van der Waals surface area (Å²) in [5, 5.41) is 0. The van der Waals surface area contributed by atoms with E-state index in [1.165, 1.54) is 70.6 Å². The maximum absolute atomic E-state index is 5.75. The number of unbranched alkanes of at least 4 members (excludes halogenated alkanes) is 6. The van der Waals surface area contributed by atoms with E-state index in [1.54, 1.807) is 0 Å². The van der Waals surface area contributed by atoms with E-state index in [0.29, 0.717) is 0 Å². The molecule has 0 saturated heterocycles. The molecule has 0 unspecified atom stereocenters. The van der Waals surface area contributed by atoms with Gasteiger partial charge < -0.3 is 4.74 Å². The molecule has 0 bridgehead atoms. The van der Waals surface area contributed by atoms with Crippen molar-refractivity contribution < 1.29 is 4.74 Å². The van der Waals surface area contributed by atoms with Crippen LogP contribution in [0.5, 0.6) is 0 Å². The van der Waals surface area contributed by atoms with Crippen LogP contribution in [0.2, 0.25) is 0 Å². The molecule has 1 fully saturated rings. The normalized spacial score (nSPS) is 16.5. The van der Waals surface area contributed by atoms with Crippen molar-refractivity contribution in [3.05, 3.63) is 12.7 Å².